The predicted molar refractivity (Wildman–Crippen MR) is 225 cm³/mol. The lowest BCUT2D eigenvalue weighted by atomic mass is 9.98. The largest absolute Gasteiger partial charge is 0.481 e. The average Bonchev–Trinajstić information content (AvgIpc) is 3.73. The lowest BCUT2D eigenvalue weighted by Gasteiger charge is -2.44. The zero-order chi connectivity index (χ0) is 45.0. The summed E-state index contributed by atoms with van der Waals surface area (Å²) in [5, 5.41) is 0. The number of morpholine rings is 1. The lowest BCUT2D eigenvalue weighted by Crippen LogP contribution is -2.63. The van der Waals surface area contributed by atoms with Crippen LogP contribution in [0.4, 0.5) is 11.8 Å². The van der Waals surface area contributed by atoms with E-state index in [1.165, 1.54) is 12.4 Å². The van der Waals surface area contributed by atoms with Crippen LogP contribution in [0.25, 0.3) is 21.6 Å². The van der Waals surface area contributed by atoms with Gasteiger partial charge in [-0.25, -0.2) is 24.9 Å². The van der Waals surface area contributed by atoms with E-state index in [9.17, 15) is 24.0 Å². The Hall–Kier alpha value is -5.90. The molecule has 0 bridgehead atoms. The van der Waals surface area contributed by atoms with E-state index in [4.69, 9.17) is 47.9 Å². The Balaban J connectivity index is 1.18. The number of hydrogen-bond acceptors (Lipinski definition) is 21. The predicted octanol–water partition coefficient (Wildman–Crippen LogP) is 3.87. The molecule has 5 atom stereocenters. The number of carbonyl (C=O) groups excluding carboxylic acids is 5. The lowest BCUT2D eigenvalue weighted by molar-refractivity contribution is -0.306. The van der Waals surface area contributed by atoms with Crippen LogP contribution in [0.1, 0.15) is 68.6 Å². The van der Waals surface area contributed by atoms with Gasteiger partial charge in [0.25, 0.3) is 0 Å². The zero-order valence-corrected chi connectivity index (χ0v) is 36.8. The molecule has 0 radical (unpaired) electrons. The molecule has 6 rings (SSSR count). The molecular weight excluding hydrogens is 843 g/mol. The van der Waals surface area contributed by atoms with Crippen LogP contribution in [0.5, 0.6) is 5.88 Å². The Kier molecular flexibility index (Phi) is 16.2. The Bertz CT molecular complexity index is 2220. The van der Waals surface area contributed by atoms with E-state index in [0.29, 0.717) is 50.5 Å². The summed E-state index contributed by atoms with van der Waals surface area (Å²) in [7, 11) is 3.38. The van der Waals surface area contributed by atoms with Gasteiger partial charge in [-0.2, -0.15) is 0 Å². The minimum absolute atomic E-state index is 0.0432. The van der Waals surface area contributed by atoms with Gasteiger partial charge in [0.1, 0.15) is 19.3 Å². The van der Waals surface area contributed by atoms with Crippen molar-refractivity contribution in [3.8, 4) is 17.3 Å². The number of Topliss-reactive ketones (excluding diaryl/α,β-unsaturated/α-hetero) is 1. The number of ether oxygens (including phenoxy) is 8. The number of rotatable bonds is 19. The number of esters is 4. The van der Waals surface area contributed by atoms with Gasteiger partial charge in [-0.1, -0.05) is 27.7 Å². The zero-order valence-electron chi connectivity index (χ0n) is 36.0. The van der Waals surface area contributed by atoms with Gasteiger partial charge in [-0.3, -0.25) is 24.0 Å². The van der Waals surface area contributed by atoms with Crippen LogP contribution in [-0.2, 0) is 58.9 Å². The third-order valence-corrected chi connectivity index (χ3v) is 11.1. The fourth-order valence-electron chi connectivity index (χ4n) is 6.53. The molecule has 2 aliphatic heterocycles. The molecule has 20 nitrogen and oxygen atoms in total. The van der Waals surface area contributed by atoms with Gasteiger partial charge in [0.15, 0.2) is 42.0 Å². The summed E-state index contributed by atoms with van der Waals surface area (Å²) in [5.74, 6) is -1.02. The van der Waals surface area contributed by atoms with Crippen molar-refractivity contribution in [1.82, 2.24) is 24.9 Å². The van der Waals surface area contributed by atoms with Crippen molar-refractivity contribution in [3.63, 3.8) is 0 Å². The maximum Gasteiger partial charge on any atom is 0.306 e. The van der Waals surface area contributed by atoms with Gasteiger partial charge in [-0.15, -0.1) is 11.3 Å². The number of ketones is 1. The van der Waals surface area contributed by atoms with Crippen LogP contribution >= 0.6 is 11.3 Å². The third kappa shape index (κ3) is 11.8. The van der Waals surface area contributed by atoms with Gasteiger partial charge in [-0.05, 0) is 12.1 Å². The number of carbonyl (C=O) groups is 5. The van der Waals surface area contributed by atoms with Gasteiger partial charge < -0.3 is 47.7 Å². The van der Waals surface area contributed by atoms with Gasteiger partial charge in [0, 0.05) is 80.9 Å². The normalized spacial score (nSPS) is 19.8. The molecule has 21 heteroatoms. The summed E-state index contributed by atoms with van der Waals surface area (Å²) in [6, 6.07) is 5.65. The smallest absolute Gasteiger partial charge is 0.306 e. The van der Waals surface area contributed by atoms with Gasteiger partial charge >= 0.3 is 23.9 Å². The molecule has 4 aromatic heterocycles. The second-order valence-corrected chi connectivity index (χ2v) is 15.5. The first-order valence-electron chi connectivity index (χ1n) is 20.7. The number of fused-ring (bicyclic) bond motifs is 1. The molecule has 0 amide bonds. The molecule has 6 heterocycles. The van der Waals surface area contributed by atoms with Crippen LogP contribution < -0.4 is 14.5 Å². The second kappa shape index (κ2) is 21.9. The molecule has 0 aromatic carbocycles. The van der Waals surface area contributed by atoms with Gasteiger partial charge in [0.05, 0.1) is 42.6 Å². The van der Waals surface area contributed by atoms with E-state index >= 15 is 0 Å². The van der Waals surface area contributed by atoms with Crippen LogP contribution in [0.2, 0.25) is 0 Å². The highest BCUT2D eigenvalue weighted by molar-refractivity contribution is 7.19. The molecule has 0 saturated carbocycles. The number of nitrogens with zero attached hydrogens (tertiary/aromatic N) is 7. The monoisotopic (exact) mass is 893 g/mol. The van der Waals surface area contributed by atoms with Crippen LogP contribution in [0, 0.1) is 0 Å². The molecule has 0 aliphatic carbocycles. The first-order valence-corrected chi connectivity index (χ1v) is 21.5. The fourth-order valence-corrected chi connectivity index (χ4v) is 7.70. The first kappa shape index (κ1) is 46.6. The second-order valence-electron chi connectivity index (χ2n) is 14.4. The SMILES string of the molecule is CCC(=O)OC[C@H]1O[C@@H](OCC(=O)c2cnc(N(C)Cc3cc4nc(-c5ccc(OC)nc5)nc(N5CCOCC5)c4s3)nc2)[C@H](OC(=O)CC)[C@@H](OC(=O)CC)[C@H]1OC(=O)CC. The van der Waals surface area contributed by atoms with Crippen molar-refractivity contribution >= 4 is 63.0 Å². The van der Waals surface area contributed by atoms with Crippen molar-refractivity contribution in [3.05, 3.63) is 47.2 Å². The molecule has 338 valence electrons. The van der Waals surface area contributed by atoms with E-state index < -0.39 is 73.6 Å². The van der Waals surface area contributed by atoms with E-state index in [0.717, 1.165) is 26.5 Å². The average molecular weight is 894 g/mol. The minimum Gasteiger partial charge on any atom is -0.481 e. The number of methoxy groups -OCH3 is 1. The Morgan fingerprint density at radius 1 is 0.825 bits per heavy atom. The minimum atomic E-state index is -1.52. The number of hydrogen-bond donors (Lipinski definition) is 0. The van der Waals surface area contributed by atoms with Crippen molar-refractivity contribution in [2.75, 3.05) is 63.5 Å². The fraction of sp³-hybridized carbons (Fsp3) is 0.524. The van der Waals surface area contributed by atoms with E-state index in [-0.39, 0.29) is 31.2 Å². The van der Waals surface area contributed by atoms with E-state index in [1.807, 2.05) is 24.1 Å². The molecule has 2 saturated heterocycles. The molecule has 0 spiro atoms. The van der Waals surface area contributed by atoms with Crippen molar-refractivity contribution in [2.45, 2.75) is 90.6 Å². The van der Waals surface area contributed by atoms with Gasteiger partial charge in [0.2, 0.25) is 11.8 Å². The summed E-state index contributed by atoms with van der Waals surface area (Å²) in [5.41, 5.74) is 1.64. The molecule has 0 unspecified atom stereocenters. The number of aromatic nitrogens is 5. The molecule has 63 heavy (non-hydrogen) atoms. The summed E-state index contributed by atoms with van der Waals surface area (Å²) < 4.78 is 46.0. The maximum atomic E-state index is 13.5. The van der Waals surface area contributed by atoms with Crippen molar-refractivity contribution in [2.24, 2.45) is 0 Å². The topological polar surface area (TPSA) is 230 Å². The summed E-state index contributed by atoms with van der Waals surface area (Å²) in [4.78, 5) is 91.6. The number of anilines is 2. The number of pyridine rings is 1. The Morgan fingerprint density at radius 3 is 2.10 bits per heavy atom. The summed E-state index contributed by atoms with van der Waals surface area (Å²) >= 11 is 1.57. The number of thiophene rings is 1. The molecule has 2 fully saturated rings. The van der Waals surface area contributed by atoms with E-state index in [2.05, 4.69) is 19.9 Å². The third-order valence-electron chi connectivity index (χ3n) is 9.95. The maximum absolute atomic E-state index is 13.5. The van der Waals surface area contributed by atoms with Crippen LogP contribution in [-0.4, -0.2) is 139 Å². The van der Waals surface area contributed by atoms with Crippen molar-refractivity contribution in [1.29, 1.82) is 0 Å². The molecular formula is C42H51N7O13S. The molecule has 2 aliphatic rings. The van der Waals surface area contributed by atoms with Crippen molar-refractivity contribution < 1.29 is 61.9 Å². The molecule has 0 N–H and O–H groups in total. The highest BCUT2D eigenvalue weighted by Gasteiger charge is 2.53. The van der Waals surface area contributed by atoms with Crippen LogP contribution in [0.15, 0.2) is 36.8 Å². The standard InChI is InChI=1S/C42H51N7O13S/c1-7-31(51)57-23-29-35(60-32(52)8-2)36(61-33(53)9-3)37(62-34(54)10-4)41(59-29)58-22-28(50)25-19-44-42(45-20-25)48(5)21-26-17-27-38(63-26)40(49-13-15-56-16-14-49)47-39(46-27)24-11-12-30(55-6)43-18-24/h11-12,17-20,29,35-37,41H,7-10,13-16,21-23H2,1-6H3/t29-,35+,36+,37-,41-/m1/s1. The first-order chi connectivity index (χ1) is 30.4. The molecule has 4 aromatic rings. The summed E-state index contributed by atoms with van der Waals surface area (Å²) in [6.07, 6.45) is -2.75. The Labute approximate surface area is 367 Å². The van der Waals surface area contributed by atoms with E-state index in [1.54, 1.807) is 58.4 Å². The highest BCUT2D eigenvalue weighted by Crippen LogP contribution is 2.36. The van der Waals surface area contributed by atoms with Crippen LogP contribution in [0.3, 0.4) is 0 Å². The highest BCUT2D eigenvalue weighted by atomic mass is 32.1. The Morgan fingerprint density at radius 2 is 1.48 bits per heavy atom. The quantitative estimate of drug-likeness (QED) is 0.0739. The summed E-state index contributed by atoms with van der Waals surface area (Å²) in [6.45, 7) is 8.20.